The maximum Gasteiger partial charge on any atom is 0.223 e. The van der Waals surface area contributed by atoms with Crippen LogP contribution in [0.3, 0.4) is 0 Å². The summed E-state index contributed by atoms with van der Waals surface area (Å²) in [5.74, 6) is 0.0516. The largest absolute Gasteiger partial charge is 0.493 e. The van der Waals surface area contributed by atoms with E-state index >= 15 is 0 Å². The molecule has 0 fully saturated rings. The lowest BCUT2D eigenvalue weighted by molar-refractivity contribution is -0.122. The third-order valence-corrected chi connectivity index (χ3v) is 2.69. The van der Waals surface area contributed by atoms with Crippen molar-refractivity contribution in [3.63, 3.8) is 0 Å². The van der Waals surface area contributed by atoms with Gasteiger partial charge in [-0.1, -0.05) is 13.8 Å². The molecule has 0 unspecified atom stereocenters. The lowest BCUT2D eigenvalue weighted by Crippen LogP contribution is -2.31. The van der Waals surface area contributed by atoms with Crippen molar-refractivity contribution in [3.8, 4) is 5.75 Å². The Kier molecular flexibility index (Phi) is 7.15. The van der Waals surface area contributed by atoms with Crippen molar-refractivity contribution < 1.29 is 13.9 Å². The molecule has 0 saturated carbocycles. The van der Waals surface area contributed by atoms with E-state index in [0.717, 1.165) is 5.56 Å². The molecule has 0 aliphatic heterocycles. The van der Waals surface area contributed by atoms with E-state index in [1.54, 1.807) is 6.07 Å². The molecule has 0 aliphatic rings. The van der Waals surface area contributed by atoms with Crippen molar-refractivity contribution >= 4 is 5.91 Å². The summed E-state index contributed by atoms with van der Waals surface area (Å²) >= 11 is 0. The van der Waals surface area contributed by atoms with Gasteiger partial charge in [-0.25, -0.2) is 4.39 Å². The molecule has 1 aromatic carbocycles. The minimum atomic E-state index is -0.334. The van der Waals surface area contributed by atoms with Crippen molar-refractivity contribution in [1.29, 1.82) is 0 Å². The minimum Gasteiger partial charge on any atom is -0.493 e. The van der Waals surface area contributed by atoms with Gasteiger partial charge in [0.1, 0.15) is 11.6 Å². The number of nitrogens with one attached hydrogen (secondary N) is 2. The van der Waals surface area contributed by atoms with Crippen molar-refractivity contribution in [2.75, 3.05) is 6.61 Å². The molecule has 0 bridgehead atoms. The van der Waals surface area contributed by atoms with E-state index in [2.05, 4.69) is 10.6 Å². The monoisotopic (exact) mass is 296 g/mol. The van der Waals surface area contributed by atoms with E-state index < -0.39 is 0 Å². The van der Waals surface area contributed by atoms with Gasteiger partial charge in [0.25, 0.3) is 0 Å². The van der Waals surface area contributed by atoms with Crippen LogP contribution in [0.4, 0.5) is 4.39 Å². The molecule has 1 rings (SSSR count). The third kappa shape index (κ3) is 7.66. The number of carbonyl (C=O) groups excluding carboxylic acids is 1. The fraction of sp³-hybridized carbons (Fsp3) is 0.562. The van der Waals surface area contributed by atoms with Gasteiger partial charge in [-0.15, -0.1) is 0 Å². The summed E-state index contributed by atoms with van der Waals surface area (Å²) in [4.78, 5) is 11.5. The SMILES string of the molecule is CC(C)NCc1cc(F)cc(OCCC(=O)NC(C)C)c1. The number of halogens is 1. The summed E-state index contributed by atoms with van der Waals surface area (Å²) in [6.45, 7) is 8.69. The fourth-order valence-electron chi connectivity index (χ4n) is 1.78. The first-order valence-corrected chi connectivity index (χ1v) is 7.32. The van der Waals surface area contributed by atoms with Crippen LogP contribution in [0.25, 0.3) is 0 Å². The van der Waals surface area contributed by atoms with E-state index in [9.17, 15) is 9.18 Å². The summed E-state index contributed by atoms with van der Waals surface area (Å²) in [6.07, 6.45) is 0.258. The molecule has 21 heavy (non-hydrogen) atoms. The van der Waals surface area contributed by atoms with Crippen molar-refractivity contribution in [2.45, 2.75) is 52.7 Å². The van der Waals surface area contributed by atoms with E-state index in [0.29, 0.717) is 18.3 Å². The molecule has 1 amide bonds. The van der Waals surface area contributed by atoms with Crippen LogP contribution >= 0.6 is 0 Å². The Morgan fingerprint density at radius 3 is 2.52 bits per heavy atom. The Balaban J connectivity index is 2.49. The molecule has 0 aromatic heterocycles. The summed E-state index contributed by atoms with van der Waals surface area (Å²) in [5.41, 5.74) is 0.824. The Morgan fingerprint density at radius 2 is 1.90 bits per heavy atom. The fourth-order valence-corrected chi connectivity index (χ4v) is 1.78. The van der Waals surface area contributed by atoms with Crippen molar-refractivity contribution in [2.24, 2.45) is 0 Å². The predicted octanol–water partition coefficient (Wildman–Crippen LogP) is 2.62. The minimum absolute atomic E-state index is 0.0666. The van der Waals surface area contributed by atoms with Gasteiger partial charge in [-0.3, -0.25) is 4.79 Å². The molecule has 118 valence electrons. The summed E-state index contributed by atoms with van der Waals surface area (Å²) in [7, 11) is 0. The highest BCUT2D eigenvalue weighted by Gasteiger charge is 2.06. The van der Waals surface area contributed by atoms with Gasteiger partial charge >= 0.3 is 0 Å². The van der Waals surface area contributed by atoms with Gasteiger partial charge in [0.05, 0.1) is 13.0 Å². The molecule has 4 nitrogen and oxygen atoms in total. The Hall–Kier alpha value is -1.62. The van der Waals surface area contributed by atoms with E-state index in [1.807, 2.05) is 27.7 Å². The van der Waals surface area contributed by atoms with Gasteiger partial charge in [-0.2, -0.15) is 0 Å². The highest BCUT2D eigenvalue weighted by molar-refractivity contribution is 5.76. The topological polar surface area (TPSA) is 50.4 Å². The van der Waals surface area contributed by atoms with Gasteiger partial charge in [-0.05, 0) is 31.5 Å². The number of carbonyl (C=O) groups is 1. The van der Waals surface area contributed by atoms with Crippen LogP contribution < -0.4 is 15.4 Å². The van der Waals surface area contributed by atoms with Gasteiger partial charge in [0.2, 0.25) is 5.91 Å². The molecule has 0 spiro atoms. The Bertz CT molecular complexity index is 462. The first kappa shape index (κ1) is 17.4. The van der Waals surface area contributed by atoms with Crippen LogP contribution in [0, 0.1) is 5.82 Å². The first-order chi connectivity index (χ1) is 9.86. The quantitative estimate of drug-likeness (QED) is 0.775. The number of rotatable bonds is 8. The van der Waals surface area contributed by atoms with Gasteiger partial charge in [0.15, 0.2) is 0 Å². The molecular formula is C16H25FN2O2. The normalized spacial score (nSPS) is 11.0. The number of hydrogen-bond donors (Lipinski definition) is 2. The molecule has 0 saturated heterocycles. The van der Waals surface area contributed by atoms with Crippen LogP contribution in [-0.2, 0) is 11.3 Å². The van der Waals surface area contributed by atoms with E-state index in [-0.39, 0.29) is 30.8 Å². The second-order valence-electron chi connectivity index (χ2n) is 5.65. The lowest BCUT2D eigenvalue weighted by atomic mass is 10.2. The lowest BCUT2D eigenvalue weighted by Gasteiger charge is -2.12. The summed E-state index contributed by atoms with van der Waals surface area (Å²) in [6, 6.07) is 5.05. The van der Waals surface area contributed by atoms with E-state index in [4.69, 9.17) is 4.74 Å². The molecule has 5 heteroatoms. The summed E-state index contributed by atoms with van der Waals surface area (Å²) < 4.78 is 19.0. The van der Waals surface area contributed by atoms with Crippen LogP contribution in [0.1, 0.15) is 39.7 Å². The van der Waals surface area contributed by atoms with Gasteiger partial charge in [0, 0.05) is 24.7 Å². The smallest absolute Gasteiger partial charge is 0.223 e. The second kappa shape index (κ2) is 8.62. The molecule has 0 heterocycles. The molecular weight excluding hydrogens is 271 g/mol. The average Bonchev–Trinajstić information content (AvgIpc) is 2.35. The van der Waals surface area contributed by atoms with E-state index in [1.165, 1.54) is 12.1 Å². The zero-order valence-corrected chi connectivity index (χ0v) is 13.2. The van der Waals surface area contributed by atoms with Crippen LogP contribution in [0.2, 0.25) is 0 Å². The zero-order valence-electron chi connectivity index (χ0n) is 13.2. The molecule has 0 aliphatic carbocycles. The number of benzene rings is 1. The predicted molar refractivity (Wildman–Crippen MR) is 81.8 cm³/mol. The molecule has 0 radical (unpaired) electrons. The van der Waals surface area contributed by atoms with Gasteiger partial charge < -0.3 is 15.4 Å². The molecule has 0 atom stereocenters. The summed E-state index contributed by atoms with van der Waals surface area (Å²) in [5, 5.41) is 6.01. The standard InChI is InChI=1S/C16H25FN2O2/c1-11(2)18-10-13-7-14(17)9-15(8-13)21-6-5-16(20)19-12(3)4/h7-9,11-12,18H,5-6,10H2,1-4H3,(H,19,20). The zero-order chi connectivity index (χ0) is 15.8. The van der Waals surface area contributed by atoms with Crippen molar-refractivity contribution in [3.05, 3.63) is 29.6 Å². The highest BCUT2D eigenvalue weighted by atomic mass is 19.1. The maximum absolute atomic E-state index is 13.5. The third-order valence-electron chi connectivity index (χ3n) is 2.69. The van der Waals surface area contributed by atoms with Crippen LogP contribution in [0.5, 0.6) is 5.75 Å². The highest BCUT2D eigenvalue weighted by Crippen LogP contribution is 2.16. The first-order valence-electron chi connectivity index (χ1n) is 7.32. The molecule has 2 N–H and O–H groups in total. The Morgan fingerprint density at radius 1 is 1.19 bits per heavy atom. The van der Waals surface area contributed by atoms with Crippen LogP contribution in [0.15, 0.2) is 18.2 Å². The molecule has 1 aromatic rings. The Labute approximate surface area is 126 Å². The average molecular weight is 296 g/mol. The number of ether oxygens (including phenoxy) is 1. The van der Waals surface area contributed by atoms with Crippen LogP contribution in [-0.4, -0.2) is 24.6 Å². The maximum atomic E-state index is 13.5. The van der Waals surface area contributed by atoms with Crippen molar-refractivity contribution in [1.82, 2.24) is 10.6 Å². The number of hydrogen-bond acceptors (Lipinski definition) is 3. The number of amides is 1. The second-order valence-corrected chi connectivity index (χ2v) is 5.65.